The Morgan fingerprint density at radius 2 is 1.44 bits per heavy atom. The number of hydrogen-bond donors (Lipinski definition) is 1. The molecule has 1 N–H and O–H groups in total. The molecular weight excluding hydrogens is 322 g/mol. The van der Waals surface area contributed by atoms with E-state index in [0.29, 0.717) is 22.8 Å². The van der Waals surface area contributed by atoms with Gasteiger partial charge in [-0.1, -0.05) is 12.1 Å². The number of nitrogens with one attached hydrogen (secondary N) is 1. The van der Waals surface area contributed by atoms with Crippen LogP contribution in [0.4, 0.5) is 0 Å². The van der Waals surface area contributed by atoms with Crippen molar-refractivity contribution in [3.8, 4) is 23.0 Å². The van der Waals surface area contributed by atoms with Crippen molar-refractivity contribution in [3.05, 3.63) is 47.5 Å². The minimum atomic E-state index is -0.234. The van der Waals surface area contributed by atoms with Crippen LogP contribution in [0.5, 0.6) is 23.0 Å². The Labute approximate surface area is 147 Å². The van der Waals surface area contributed by atoms with Crippen molar-refractivity contribution >= 4 is 5.91 Å². The molecule has 0 heterocycles. The lowest BCUT2D eigenvalue weighted by molar-refractivity contribution is 0.0939. The number of hydrogen-bond acceptors (Lipinski definition) is 5. The Balaban J connectivity index is 2.21. The van der Waals surface area contributed by atoms with E-state index in [1.165, 1.54) is 21.3 Å². The lowest BCUT2D eigenvalue weighted by Gasteiger charge is -2.17. The van der Waals surface area contributed by atoms with Gasteiger partial charge in [0.2, 0.25) is 5.75 Å². The summed E-state index contributed by atoms with van der Waals surface area (Å²) < 4.78 is 21.0. The molecule has 0 aliphatic carbocycles. The Morgan fingerprint density at radius 1 is 0.880 bits per heavy atom. The number of rotatable bonds is 7. The summed E-state index contributed by atoms with van der Waals surface area (Å²) in [6.07, 6.45) is 0. The summed E-state index contributed by atoms with van der Waals surface area (Å²) in [5.41, 5.74) is 1.40. The summed E-state index contributed by atoms with van der Waals surface area (Å²) in [5, 5.41) is 2.96. The van der Waals surface area contributed by atoms with Crippen LogP contribution in [0.15, 0.2) is 36.4 Å². The molecule has 1 amide bonds. The molecule has 0 aliphatic heterocycles. The molecule has 1 atom stereocenters. The summed E-state index contributed by atoms with van der Waals surface area (Å²) in [6.45, 7) is 1.91. The third-order valence-electron chi connectivity index (χ3n) is 3.89. The van der Waals surface area contributed by atoms with E-state index in [-0.39, 0.29) is 11.9 Å². The number of ether oxygens (including phenoxy) is 4. The molecule has 25 heavy (non-hydrogen) atoms. The molecule has 2 aromatic rings. The predicted molar refractivity (Wildman–Crippen MR) is 95.0 cm³/mol. The molecule has 0 unspecified atom stereocenters. The van der Waals surface area contributed by atoms with Crippen molar-refractivity contribution in [2.75, 3.05) is 28.4 Å². The number of carbonyl (C=O) groups is 1. The first kappa shape index (κ1) is 18.4. The maximum atomic E-state index is 12.6. The van der Waals surface area contributed by atoms with Crippen LogP contribution in [0, 0.1) is 0 Å². The van der Waals surface area contributed by atoms with Crippen molar-refractivity contribution in [1.29, 1.82) is 0 Å². The van der Waals surface area contributed by atoms with E-state index in [1.54, 1.807) is 19.2 Å². The van der Waals surface area contributed by atoms with Crippen molar-refractivity contribution < 1.29 is 23.7 Å². The van der Waals surface area contributed by atoms with E-state index < -0.39 is 0 Å². The monoisotopic (exact) mass is 345 g/mol. The average molecular weight is 345 g/mol. The molecule has 0 fully saturated rings. The van der Waals surface area contributed by atoms with Gasteiger partial charge >= 0.3 is 0 Å². The zero-order valence-electron chi connectivity index (χ0n) is 15.1. The first-order valence-corrected chi connectivity index (χ1v) is 7.78. The van der Waals surface area contributed by atoms with E-state index >= 15 is 0 Å². The zero-order valence-corrected chi connectivity index (χ0v) is 15.1. The van der Waals surface area contributed by atoms with Crippen LogP contribution >= 0.6 is 0 Å². The molecule has 6 nitrogen and oxygen atoms in total. The van der Waals surface area contributed by atoms with Crippen LogP contribution in [0.3, 0.4) is 0 Å². The quantitative estimate of drug-likeness (QED) is 0.835. The maximum Gasteiger partial charge on any atom is 0.252 e. The van der Waals surface area contributed by atoms with Gasteiger partial charge in [-0.05, 0) is 36.8 Å². The largest absolute Gasteiger partial charge is 0.497 e. The van der Waals surface area contributed by atoms with Gasteiger partial charge in [-0.25, -0.2) is 0 Å². The highest BCUT2D eigenvalue weighted by atomic mass is 16.5. The molecule has 0 saturated carbocycles. The molecule has 0 saturated heterocycles. The van der Waals surface area contributed by atoms with E-state index in [0.717, 1.165) is 11.3 Å². The Hall–Kier alpha value is -2.89. The van der Waals surface area contributed by atoms with E-state index in [1.807, 2.05) is 31.2 Å². The normalized spacial score (nSPS) is 11.4. The van der Waals surface area contributed by atoms with Gasteiger partial charge in [0.25, 0.3) is 5.91 Å². The highest BCUT2D eigenvalue weighted by Gasteiger charge is 2.18. The fourth-order valence-electron chi connectivity index (χ4n) is 2.47. The molecule has 0 bridgehead atoms. The van der Waals surface area contributed by atoms with Crippen LogP contribution in [0.2, 0.25) is 0 Å². The first-order chi connectivity index (χ1) is 12.0. The lowest BCUT2D eigenvalue weighted by Crippen LogP contribution is -2.26. The number of amides is 1. The average Bonchev–Trinajstić information content (AvgIpc) is 2.66. The molecule has 0 spiro atoms. The Kier molecular flexibility index (Phi) is 6.11. The number of carbonyl (C=O) groups excluding carboxylic acids is 1. The summed E-state index contributed by atoms with van der Waals surface area (Å²) in [6, 6.07) is 10.6. The zero-order chi connectivity index (χ0) is 18.4. The topological polar surface area (TPSA) is 66.0 Å². The standard InChI is InChI=1S/C19H23NO5/c1-12(13-6-8-15(22-2)9-7-13)20-19(21)14-10-16(23-3)18(25-5)17(11-14)24-4/h6-12H,1-5H3,(H,20,21)/t12-/m1/s1. The number of benzene rings is 2. The second-order valence-corrected chi connectivity index (χ2v) is 5.38. The van der Waals surface area contributed by atoms with Gasteiger partial charge < -0.3 is 24.3 Å². The van der Waals surface area contributed by atoms with Crippen molar-refractivity contribution in [1.82, 2.24) is 5.32 Å². The van der Waals surface area contributed by atoms with Crippen molar-refractivity contribution in [2.24, 2.45) is 0 Å². The predicted octanol–water partition coefficient (Wildman–Crippen LogP) is 3.21. The minimum absolute atomic E-state index is 0.169. The Morgan fingerprint density at radius 3 is 1.88 bits per heavy atom. The van der Waals surface area contributed by atoms with Crippen molar-refractivity contribution in [3.63, 3.8) is 0 Å². The van der Waals surface area contributed by atoms with Gasteiger partial charge in [-0.3, -0.25) is 4.79 Å². The molecule has 0 aromatic heterocycles. The molecule has 0 radical (unpaired) electrons. The second kappa shape index (κ2) is 8.28. The third-order valence-corrected chi connectivity index (χ3v) is 3.89. The van der Waals surface area contributed by atoms with Crippen LogP contribution < -0.4 is 24.3 Å². The second-order valence-electron chi connectivity index (χ2n) is 5.38. The molecule has 2 rings (SSSR count). The summed E-state index contributed by atoms with van der Waals surface area (Å²) >= 11 is 0. The van der Waals surface area contributed by atoms with E-state index in [2.05, 4.69) is 5.32 Å². The van der Waals surface area contributed by atoms with Crippen LogP contribution in [-0.4, -0.2) is 34.3 Å². The van der Waals surface area contributed by atoms with E-state index in [9.17, 15) is 4.79 Å². The highest BCUT2D eigenvalue weighted by molar-refractivity contribution is 5.95. The van der Waals surface area contributed by atoms with Gasteiger partial charge in [-0.2, -0.15) is 0 Å². The molecule has 0 aliphatic rings. The third kappa shape index (κ3) is 4.15. The van der Waals surface area contributed by atoms with Crippen molar-refractivity contribution in [2.45, 2.75) is 13.0 Å². The fraction of sp³-hybridized carbons (Fsp3) is 0.316. The molecule has 134 valence electrons. The summed E-state index contributed by atoms with van der Waals surface area (Å²) in [5.74, 6) is 1.85. The SMILES string of the molecule is COc1ccc([C@@H](C)NC(=O)c2cc(OC)c(OC)c(OC)c2)cc1. The number of methoxy groups -OCH3 is 4. The van der Waals surface area contributed by atoms with Gasteiger partial charge in [0.05, 0.1) is 34.5 Å². The summed E-state index contributed by atoms with van der Waals surface area (Å²) in [4.78, 5) is 12.6. The maximum absolute atomic E-state index is 12.6. The van der Waals surface area contributed by atoms with Crippen LogP contribution in [0.1, 0.15) is 28.9 Å². The first-order valence-electron chi connectivity index (χ1n) is 7.78. The smallest absolute Gasteiger partial charge is 0.252 e. The molecule has 6 heteroatoms. The van der Waals surface area contributed by atoms with Gasteiger partial charge in [0.15, 0.2) is 11.5 Å². The Bertz CT molecular complexity index is 702. The highest BCUT2D eigenvalue weighted by Crippen LogP contribution is 2.38. The molecular formula is C19H23NO5. The van der Waals surface area contributed by atoms with Gasteiger partial charge in [-0.15, -0.1) is 0 Å². The van der Waals surface area contributed by atoms with Gasteiger partial charge in [0, 0.05) is 5.56 Å². The van der Waals surface area contributed by atoms with Crippen LogP contribution in [0.25, 0.3) is 0 Å². The fourth-order valence-corrected chi connectivity index (χ4v) is 2.47. The molecule has 2 aromatic carbocycles. The summed E-state index contributed by atoms with van der Waals surface area (Å²) in [7, 11) is 6.16. The van der Waals surface area contributed by atoms with Gasteiger partial charge in [0.1, 0.15) is 5.75 Å². The lowest BCUT2D eigenvalue weighted by atomic mass is 10.1. The van der Waals surface area contributed by atoms with Crippen LogP contribution in [-0.2, 0) is 0 Å². The minimum Gasteiger partial charge on any atom is -0.497 e. The van der Waals surface area contributed by atoms with E-state index in [4.69, 9.17) is 18.9 Å².